The van der Waals surface area contributed by atoms with Gasteiger partial charge in [0.15, 0.2) is 0 Å². The van der Waals surface area contributed by atoms with E-state index in [1.165, 1.54) is 0 Å². The van der Waals surface area contributed by atoms with Gasteiger partial charge in [0, 0.05) is 19.4 Å². The predicted molar refractivity (Wildman–Crippen MR) is 68.7 cm³/mol. The molecule has 0 unspecified atom stereocenters. The summed E-state index contributed by atoms with van der Waals surface area (Å²) >= 11 is 0. The van der Waals surface area contributed by atoms with Gasteiger partial charge in [-0.3, -0.25) is 13.7 Å². The van der Waals surface area contributed by atoms with Gasteiger partial charge >= 0.3 is 10.4 Å². The minimum atomic E-state index is -4.67. The van der Waals surface area contributed by atoms with Gasteiger partial charge in [-0.2, -0.15) is 16.8 Å². The molecule has 0 saturated heterocycles. The zero-order valence-corrected chi connectivity index (χ0v) is 12.2. The van der Waals surface area contributed by atoms with E-state index in [4.69, 9.17) is 22.1 Å². The van der Waals surface area contributed by atoms with E-state index in [2.05, 4.69) is 4.98 Å². The van der Waals surface area contributed by atoms with E-state index in [0.29, 0.717) is 6.42 Å². The molecule has 0 amide bonds. The van der Waals surface area contributed by atoms with Gasteiger partial charge in [0.1, 0.15) is 0 Å². The molecule has 1 heterocycles. The number of unbranched alkanes of at least 4 members (excludes halogenated alkanes) is 1. The Morgan fingerprint density at radius 2 is 1.63 bits per heavy atom. The first-order valence-corrected chi connectivity index (χ1v) is 8.03. The maximum absolute atomic E-state index is 9.95. The maximum Gasteiger partial charge on any atom is 0.394 e. The summed E-state index contributed by atoms with van der Waals surface area (Å²) in [7, 11) is -6.42. The minimum Gasteiger partial charge on any atom is -0.341 e. The summed E-state index contributed by atoms with van der Waals surface area (Å²) in [5.74, 6) is -0.108. The second kappa shape index (κ2) is 9.86. The average Bonchev–Trinajstić information content (AvgIpc) is 2.63. The van der Waals surface area contributed by atoms with Gasteiger partial charge in [0.25, 0.3) is 10.1 Å². The van der Waals surface area contributed by atoms with Gasteiger partial charge in [-0.1, -0.05) is 13.3 Å². The highest BCUT2D eigenvalue weighted by Gasteiger charge is 2.00. The molecule has 0 fully saturated rings. The topological polar surface area (TPSA) is 147 Å². The van der Waals surface area contributed by atoms with Gasteiger partial charge in [-0.25, -0.2) is 4.98 Å². The van der Waals surface area contributed by atoms with Crippen LogP contribution in [0.4, 0.5) is 0 Å². The van der Waals surface area contributed by atoms with Crippen molar-refractivity contribution in [3.05, 3.63) is 18.7 Å². The van der Waals surface area contributed by atoms with Crippen LogP contribution in [0.5, 0.6) is 0 Å². The van der Waals surface area contributed by atoms with Crippen LogP contribution in [-0.4, -0.2) is 45.8 Å². The molecule has 0 aromatic carbocycles. The molecule has 11 heteroatoms. The molecule has 0 saturated carbocycles. The number of hydrogen-bond acceptors (Lipinski definition) is 5. The molecule has 114 valence electrons. The van der Waals surface area contributed by atoms with Crippen LogP contribution < -0.4 is 0 Å². The van der Waals surface area contributed by atoms with Crippen molar-refractivity contribution in [2.45, 2.75) is 19.8 Å². The summed E-state index contributed by atoms with van der Waals surface area (Å²) in [5.41, 5.74) is 0. The fourth-order valence-corrected chi connectivity index (χ4v) is 1.31. The Bertz CT molecular complexity index is 499. The SMILES string of the molecule is CCCCS(=O)(=O)O.Cn1ccnc1.O=S(=O)(O)O. The molecule has 1 rings (SSSR count). The van der Waals surface area contributed by atoms with Crippen molar-refractivity contribution < 1.29 is 30.5 Å². The number of aromatic nitrogens is 2. The number of hydrogen-bond donors (Lipinski definition) is 3. The van der Waals surface area contributed by atoms with E-state index in [9.17, 15) is 8.42 Å². The summed E-state index contributed by atoms with van der Waals surface area (Å²) in [4.78, 5) is 3.78. The lowest BCUT2D eigenvalue weighted by molar-refractivity contribution is 0.381. The monoisotopic (exact) mass is 318 g/mol. The van der Waals surface area contributed by atoms with Crippen molar-refractivity contribution in [3.63, 3.8) is 0 Å². The predicted octanol–water partition coefficient (Wildman–Crippen LogP) is 0.442. The summed E-state index contributed by atoms with van der Waals surface area (Å²) in [6.45, 7) is 1.87. The number of imidazole rings is 1. The molecule has 1 aromatic rings. The van der Waals surface area contributed by atoms with Crippen molar-refractivity contribution in [2.75, 3.05) is 5.75 Å². The third-order valence-corrected chi connectivity index (χ3v) is 2.20. The van der Waals surface area contributed by atoms with Crippen LogP contribution in [0.3, 0.4) is 0 Å². The highest BCUT2D eigenvalue weighted by atomic mass is 32.3. The van der Waals surface area contributed by atoms with Crippen molar-refractivity contribution >= 4 is 20.5 Å². The minimum absolute atomic E-state index is 0.108. The zero-order valence-electron chi connectivity index (χ0n) is 10.5. The van der Waals surface area contributed by atoms with E-state index in [1.807, 2.05) is 24.7 Å². The van der Waals surface area contributed by atoms with Crippen LogP contribution in [-0.2, 0) is 27.6 Å². The summed E-state index contributed by atoms with van der Waals surface area (Å²) < 4.78 is 61.5. The summed E-state index contributed by atoms with van der Waals surface area (Å²) in [6, 6.07) is 0. The Kier molecular flexibility index (Phi) is 10.5. The first kappa shape index (κ1) is 20.3. The van der Waals surface area contributed by atoms with Gasteiger partial charge in [-0.15, -0.1) is 0 Å². The Labute approximate surface area is 112 Å². The van der Waals surface area contributed by atoms with Crippen LogP contribution in [0, 0.1) is 0 Å². The lowest BCUT2D eigenvalue weighted by Gasteiger charge is -1.90. The van der Waals surface area contributed by atoms with Crippen LogP contribution in [0.2, 0.25) is 0 Å². The molecule has 3 N–H and O–H groups in total. The molecule has 0 aliphatic rings. The van der Waals surface area contributed by atoms with Crippen LogP contribution in [0.15, 0.2) is 18.7 Å². The third-order valence-electron chi connectivity index (χ3n) is 1.39. The van der Waals surface area contributed by atoms with Crippen LogP contribution in [0.1, 0.15) is 19.8 Å². The fourth-order valence-electron chi connectivity index (χ4n) is 0.653. The Morgan fingerprint density at radius 3 is 1.74 bits per heavy atom. The largest absolute Gasteiger partial charge is 0.394 e. The Hall–Kier alpha value is -1.01. The number of nitrogens with zero attached hydrogens (tertiary/aromatic N) is 2. The molecule has 1 aromatic heterocycles. The van der Waals surface area contributed by atoms with E-state index in [-0.39, 0.29) is 5.75 Å². The number of rotatable bonds is 3. The fraction of sp³-hybridized carbons (Fsp3) is 0.625. The van der Waals surface area contributed by atoms with E-state index in [0.717, 1.165) is 6.42 Å². The highest BCUT2D eigenvalue weighted by Crippen LogP contribution is 1.90. The second-order valence-electron chi connectivity index (χ2n) is 3.32. The smallest absolute Gasteiger partial charge is 0.341 e. The summed E-state index contributed by atoms with van der Waals surface area (Å²) in [5, 5.41) is 0. The molecule has 19 heavy (non-hydrogen) atoms. The van der Waals surface area contributed by atoms with Gasteiger partial charge < -0.3 is 4.57 Å². The lowest BCUT2D eigenvalue weighted by Crippen LogP contribution is -2.02. The van der Waals surface area contributed by atoms with Crippen molar-refractivity contribution in [1.29, 1.82) is 0 Å². The molecular formula is C8H18N2O7S2. The van der Waals surface area contributed by atoms with Crippen LogP contribution >= 0.6 is 0 Å². The third kappa shape index (κ3) is 31.6. The van der Waals surface area contributed by atoms with Crippen LogP contribution in [0.25, 0.3) is 0 Å². The van der Waals surface area contributed by atoms with Crippen molar-refractivity contribution in [3.8, 4) is 0 Å². The lowest BCUT2D eigenvalue weighted by atomic mass is 10.4. The maximum atomic E-state index is 9.95. The molecule has 0 aliphatic heterocycles. The quantitative estimate of drug-likeness (QED) is 0.680. The second-order valence-corrected chi connectivity index (χ2v) is 5.78. The van der Waals surface area contributed by atoms with E-state index in [1.54, 1.807) is 12.5 Å². The molecule has 0 atom stereocenters. The highest BCUT2D eigenvalue weighted by molar-refractivity contribution is 7.85. The van der Waals surface area contributed by atoms with E-state index >= 15 is 0 Å². The molecule has 0 bridgehead atoms. The molecular weight excluding hydrogens is 300 g/mol. The molecule has 0 radical (unpaired) electrons. The van der Waals surface area contributed by atoms with Gasteiger partial charge in [0.05, 0.1) is 12.1 Å². The van der Waals surface area contributed by atoms with Crippen molar-refractivity contribution in [2.24, 2.45) is 7.05 Å². The number of aryl methyl sites for hydroxylation is 1. The van der Waals surface area contributed by atoms with Crippen molar-refractivity contribution in [1.82, 2.24) is 9.55 Å². The Morgan fingerprint density at radius 1 is 1.16 bits per heavy atom. The average molecular weight is 318 g/mol. The normalized spacial score (nSPS) is 10.8. The standard InChI is InChI=1S/C4H6N2.C4H10O3S.H2O4S/c1-6-3-2-5-4-6;1-2-3-4-8(5,6)7;1-5(2,3)4/h2-4H,1H3;2-4H2,1H3,(H,5,6,7);(H2,1,2,3,4). The van der Waals surface area contributed by atoms with Gasteiger partial charge in [0.2, 0.25) is 0 Å². The Balaban J connectivity index is 0. The first-order chi connectivity index (χ1) is 8.45. The first-order valence-electron chi connectivity index (χ1n) is 5.02. The van der Waals surface area contributed by atoms with E-state index < -0.39 is 20.5 Å². The molecule has 0 spiro atoms. The molecule has 0 aliphatic carbocycles. The van der Waals surface area contributed by atoms with Gasteiger partial charge in [-0.05, 0) is 6.42 Å². The summed E-state index contributed by atoms with van der Waals surface area (Å²) in [6.07, 6.45) is 6.72. The molecule has 9 nitrogen and oxygen atoms in total. The zero-order chi connectivity index (χ0) is 15.5.